The van der Waals surface area contributed by atoms with E-state index >= 15 is 0 Å². The molecule has 0 spiro atoms. The van der Waals surface area contributed by atoms with Crippen molar-refractivity contribution in [2.75, 3.05) is 20.3 Å². The van der Waals surface area contributed by atoms with Crippen LogP contribution < -0.4 is 0 Å². The van der Waals surface area contributed by atoms with Gasteiger partial charge in [0, 0.05) is 6.08 Å². The monoisotopic (exact) mass is 276 g/mol. The lowest BCUT2D eigenvalue weighted by atomic mass is 9.80. The molecule has 0 aromatic heterocycles. The smallest absolute Gasteiger partial charge is 0.330 e. The van der Waals surface area contributed by atoms with E-state index in [0.717, 1.165) is 5.56 Å². The summed E-state index contributed by atoms with van der Waals surface area (Å²) >= 11 is 0. The molecule has 4 nitrogen and oxygen atoms in total. The van der Waals surface area contributed by atoms with E-state index in [1.165, 1.54) is 13.2 Å². The number of carbonyl (C=O) groups is 1. The molecule has 0 bridgehead atoms. The fourth-order valence-electron chi connectivity index (χ4n) is 2.11. The summed E-state index contributed by atoms with van der Waals surface area (Å²) in [6, 6.07) is 9.89. The lowest BCUT2D eigenvalue weighted by Crippen LogP contribution is -2.48. The van der Waals surface area contributed by atoms with Gasteiger partial charge in [-0.15, -0.1) is 0 Å². The molecule has 1 aromatic carbocycles. The fourth-order valence-corrected chi connectivity index (χ4v) is 2.11. The minimum atomic E-state index is -0.600. The standard InChI is InChI=1S/C16H20O4/c1-15(2)19-11-16(12-20-15,10-9-14(17)18-3)13-7-5-4-6-8-13/h4-10H,11-12H2,1-3H3. The molecule has 0 N–H and O–H groups in total. The van der Waals surface area contributed by atoms with E-state index in [9.17, 15) is 4.79 Å². The Morgan fingerprint density at radius 3 is 2.35 bits per heavy atom. The van der Waals surface area contributed by atoms with Crippen LogP contribution in [-0.4, -0.2) is 32.1 Å². The van der Waals surface area contributed by atoms with Crippen LogP contribution >= 0.6 is 0 Å². The maximum atomic E-state index is 11.4. The zero-order valence-electron chi connectivity index (χ0n) is 12.1. The molecule has 108 valence electrons. The zero-order chi connectivity index (χ0) is 14.6. The normalized spacial score (nSPS) is 20.8. The highest BCUT2D eigenvalue weighted by Crippen LogP contribution is 2.34. The SMILES string of the molecule is COC(=O)C=CC1(c2ccccc2)COC(C)(C)OC1. The first kappa shape index (κ1) is 14.8. The van der Waals surface area contributed by atoms with Crippen LogP contribution in [0.25, 0.3) is 0 Å². The number of carbonyl (C=O) groups excluding carboxylic acids is 1. The van der Waals surface area contributed by atoms with Gasteiger partial charge in [-0.3, -0.25) is 0 Å². The van der Waals surface area contributed by atoms with Gasteiger partial charge in [0.25, 0.3) is 0 Å². The highest BCUT2D eigenvalue weighted by Gasteiger charge is 2.39. The third-order valence-corrected chi connectivity index (χ3v) is 3.44. The van der Waals surface area contributed by atoms with E-state index < -0.39 is 11.2 Å². The lowest BCUT2D eigenvalue weighted by Gasteiger charge is -2.42. The molecule has 0 saturated carbocycles. The lowest BCUT2D eigenvalue weighted by molar-refractivity contribution is -0.262. The van der Waals surface area contributed by atoms with Crippen molar-refractivity contribution < 1.29 is 19.0 Å². The fraction of sp³-hybridized carbons (Fsp3) is 0.438. The molecule has 0 radical (unpaired) electrons. The second kappa shape index (κ2) is 5.77. The minimum Gasteiger partial charge on any atom is -0.466 e. The van der Waals surface area contributed by atoms with Gasteiger partial charge in [-0.25, -0.2) is 4.79 Å². The van der Waals surface area contributed by atoms with Crippen LogP contribution in [0.15, 0.2) is 42.5 Å². The van der Waals surface area contributed by atoms with Gasteiger partial charge in [0.05, 0.1) is 25.7 Å². The van der Waals surface area contributed by atoms with Gasteiger partial charge in [-0.1, -0.05) is 36.4 Å². The number of hydrogen-bond acceptors (Lipinski definition) is 4. The maximum Gasteiger partial charge on any atom is 0.330 e. The molecule has 1 aliphatic heterocycles. The van der Waals surface area contributed by atoms with Crippen molar-refractivity contribution >= 4 is 5.97 Å². The van der Waals surface area contributed by atoms with Gasteiger partial charge in [-0.2, -0.15) is 0 Å². The van der Waals surface area contributed by atoms with Gasteiger partial charge in [0.15, 0.2) is 5.79 Å². The van der Waals surface area contributed by atoms with Gasteiger partial charge in [0.1, 0.15) is 0 Å². The average molecular weight is 276 g/mol. The molecule has 1 aliphatic rings. The quantitative estimate of drug-likeness (QED) is 0.628. The summed E-state index contributed by atoms with van der Waals surface area (Å²) in [7, 11) is 1.36. The van der Waals surface area contributed by atoms with Crippen LogP contribution in [0.2, 0.25) is 0 Å². The van der Waals surface area contributed by atoms with Crippen molar-refractivity contribution in [3.8, 4) is 0 Å². The zero-order valence-corrected chi connectivity index (χ0v) is 12.1. The van der Waals surface area contributed by atoms with Gasteiger partial charge in [0.2, 0.25) is 0 Å². The topological polar surface area (TPSA) is 44.8 Å². The first-order chi connectivity index (χ1) is 9.47. The molecule has 0 aliphatic carbocycles. The number of benzene rings is 1. The molecule has 2 rings (SSSR count). The second-order valence-electron chi connectivity index (χ2n) is 5.36. The van der Waals surface area contributed by atoms with Crippen molar-refractivity contribution in [3.63, 3.8) is 0 Å². The van der Waals surface area contributed by atoms with Crippen molar-refractivity contribution in [3.05, 3.63) is 48.0 Å². The Balaban J connectivity index is 2.30. The highest BCUT2D eigenvalue weighted by atomic mass is 16.7. The molecule has 0 unspecified atom stereocenters. The third-order valence-electron chi connectivity index (χ3n) is 3.44. The number of rotatable bonds is 3. The predicted molar refractivity (Wildman–Crippen MR) is 75.3 cm³/mol. The average Bonchev–Trinajstić information content (AvgIpc) is 2.47. The maximum absolute atomic E-state index is 11.4. The summed E-state index contributed by atoms with van der Waals surface area (Å²) in [5.41, 5.74) is 0.584. The Labute approximate surface area is 119 Å². The number of ether oxygens (including phenoxy) is 3. The van der Waals surface area contributed by atoms with Gasteiger partial charge < -0.3 is 14.2 Å². The summed E-state index contributed by atoms with van der Waals surface area (Å²) in [5, 5.41) is 0. The molecular weight excluding hydrogens is 256 g/mol. The van der Waals surface area contributed by atoms with Crippen molar-refractivity contribution in [1.29, 1.82) is 0 Å². The van der Waals surface area contributed by atoms with E-state index in [-0.39, 0.29) is 5.97 Å². The van der Waals surface area contributed by atoms with Crippen LogP contribution in [-0.2, 0) is 24.4 Å². The first-order valence-electron chi connectivity index (χ1n) is 6.58. The van der Waals surface area contributed by atoms with Gasteiger partial charge in [-0.05, 0) is 19.4 Å². The summed E-state index contributed by atoms with van der Waals surface area (Å²) in [4.78, 5) is 11.4. The van der Waals surface area contributed by atoms with E-state index in [4.69, 9.17) is 9.47 Å². The van der Waals surface area contributed by atoms with E-state index in [1.54, 1.807) is 0 Å². The summed E-state index contributed by atoms with van der Waals surface area (Å²) < 4.78 is 16.2. The number of hydrogen-bond donors (Lipinski definition) is 0. The molecule has 4 heteroatoms. The molecule has 1 heterocycles. The summed E-state index contributed by atoms with van der Waals surface area (Å²) in [6.07, 6.45) is 3.24. The number of methoxy groups -OCH3 is 1. The van der Waals surface area contributed by atoms with Gasteiger partial charge >= 0.3 is 5.97 Å². The van der Waals surface area contributed by atoms with Crippen molar-refractivity contribution in [2.45, 2.75) is 25.0 Å². The molecular formula is C16H20O4. The highest BCUT2D eigenvalue weighted by molar-refractivity contribution is 5.82. The second-order valence-corrected chi connectivity index (χ2v) is 5.36. The summed E-state index contributed by atoms with van der Waals surface area (Å²) in [6.45, 7) is 4.67. The van der Waals surface area contributed by atoms with Crippen LogP contribution in [0.1, 0.15) is 19.4 Å². The van der Waals surface area contributed by atoms with E-state index in [1.807, 2.05) is 50.3 Å². The third kappa shape index (κ3) is 3.26. The minimum absolute atomic E-state index is 0.384. The molecule has 0 atom stereocenters. The van der Waals surface area contributed by atoms with E-state index in [2.05, 4.69) is 4.74 Å². The molecule has 1 saturated heterocycles. The van der Waals surface area contributed by atoms with Crippen molar-refractivity contribution in [1.82, 2.24) is 0 Å². The Bertz CT molecular complexity index is 480. The molecule has 20 heavy (non-hydrogen) atoms. The van der Waals surface area contributed by atoms with Crippen molar-refractivity contribution in [2.24, 2.45) is 0 Å². The van der Waals surface area contributed by atoms with Crippen LogP contribution in [0.3, 0.4) is 0 Å². The summed E-state index contributed by atoms with van der Waals surface area (Å²) in [5.74, 6) is -0.984. The van der Waals surface area contributed by atoms with E-state index in [0.29, 0.717) is 13.2 Å². The molecule has 0 amide bonds. The molecule has 1 aromatic rings. The van der Waals surface area contributed by atoms with Crippen LogP contribution in [0, 0.1) is 0 Å². The Hall–Kier alpha value is -1.65. The van der Waals surface area contributed by atoms with Crippen LogP contribution in [0.4, 0.5) is 0 Å². The largest absolute Gasteiger partial charge is 0.466 e. The van der Waals surface area contributed by atoms with Crippen LogP contribution in [0.5, 0.6) is 0 Å². The Morgan fingerprint density at radius 1 is 1.20 bits per heavy atom. The first-order valence-corrected chi connectivity index (χ1v) is 6.58. The molecule has 1 fully saturated rings. The Kier molecular flexibility index (Phi) is 4.26. The number of esters is 1. The predicted octanol–water partition coefficient (Wildman–Crippen LogP) is 2.44. The Morgan fingerprint density at radius 2 is 1.80 bits per heavy atom.